The fraction of sp³-hybridized carbons (Fsp3) is 0.448. The standard InChI is InChI=1S/C67H80N8O19/c1-13-21-89-64(82)71-56(36(2)3)58(77)68-39(6)57(76)70-42-19-17-40(18-20-42)33-92-65(83)74-47-29-53(51(85-10)27-45(47)59(78)72-31-37(4)23-49(72)61(74)80)90-34-43-25-41(63(81)87-12)26-44(69-43)35-91-54-30-48-46(28-52(54)86-11)60(79)73-32-38(5)24-50(73)62(93-55-16-14-15-22-88-55)75(48)66(84)94-67(7,8)9/h13,17-20,25-30,36,39,49-50,55-56,61-62,80H,1,4-5,14-16,21-24,31-35H2,2-3,6-12H3,(H,68,77)(H,70,76)(H,71,82)/t39-,49-,50-,55?,56-,61-,62-/m0/s1. The molecule has 0 radical (unpaired) electrons. The second kappa shape index (κ2) is 29.5. The van der Waals surface area contributed by atoms with Crippen molar-refractivity contribution in [3.05, 3.63) is 131 Å². The molecule has 6 heterocycles. The molecule has 27 nitrogen and oxygen atoms in total. The van der Waals surface area contributed by atoms with E-state index in [1.165, 1.54) is 80.5 Å². The summed E-state index contributed by atoms with van der Waals surface area (Å²) in [6.45, 7) is 21.6. The van der Waals surface area contributed by atoms with E-state index in [1.807, 2.05) is 0 Å². The number of ether oxygens (including phenoxy) is 10. The molecule has 0 bridgehead atoms. The first-order valence-electron chi connectivity index (χ1n) is 30.7. The Bertz CT molecular complexity index is 3600. The summed E-state index contributed by atoms with van der Waals surface area (Å²) in [5.74, 6) is -2.92. The molecule has 0 spiro atoms. The quantitative estimate of drug-likeness (QED) is 0.0348. The Morgan fingerprint density at radius 3 is 1.86 bits per heavy atom. The third-order valence-electron chi connectivity index (χ3n) is 16.1. The van der Waals surface area contributed by atoms with E-state index in [-0.39, 0.29) is 114 Å². The number of pyridine rings is 1. The summed E-state index contributed by atoms with van der Waals surface area (Å²) in [6.07, 6.45) is -1.93. The van der Waals surface area contributed by atoms with Crippen LogP contribution in [0.2, 0.25) is 0 Å². The fourth-order valence-corrected chi connectivity index (χ4v) is 11.5. The molecular formula is C67H80N8O19. The summed E-state index contributed by atoms with van der Waals surface area (Å²) in [7, 11) is 3.96. The highest BCUT2D eigenvalue weighted by Crippen LogP contribution is 2.45. The normalized spacial score (nSPS) is 19.8. The number of carbonyl (C=O) groups excluding carboxylic acids is 8. The van der Waals surface area contributed by atoms with E-state index in [2.05, 4.69) is 35.7 Å². The number of anilines is 3. The number of amides is 7. The van der Waals surface area contributed by atoms with Gasteiger partial charge in [-0.3, -0.25) is 24.2 Å². The van der Waals surface area contributed by atoms with Gasteiger partial charge in [0.05, 0.1) is 72.9 Å². The second-order valence-corrected chi connectivity index (χ2v) is 24.5. The average molecular weight is 1300 g/mol. The lowest BCUT2D eigenvalue weighted by Crippen LogP contribution is -2.54. The molecule has 3 aromatic carbocycles. The molecule has 4 aromatic rings. The van der Waals surface area contributed by atoms with E-state index in [1.54, 1.807) is 63.8 Å². The molecule has 7 atom stereocenters. The van der Waals surface area contributed by atoms with Crippen LogP contribution in [0.15, 0.2) is 97.6 Å². The highest BCUT2D eigenvalue weighted by Gasteiger charge is 2.50. The lowest BCUT2D eigenvalue weighted by atomic mass is 10.0. The number of carbonyl (C=O) groups is 8. The Morgan fingerprint density at radius 2 is 1.32 bits per heavy atom. The molecular weight excluding hydrogens is 1220 g/mol. The van der Waals surface area contributed by atoms with Crippen molar-refractivity contribution < 1.29 is 90.8 Å². The zero-order valence-electron chi connectivity index (χ0n) is 54.1. The lowest BCUT2D eigenvalue weighted by Gasteiger charge is -2.39. The SMILES string of the molecule is C=CCOC(=O)N[C@H](C(=O)N[C@@H](C)C(=O)Nc1ccc(COC(=O)N2c3cc(OCc4cc(C(=O)OC)cc(COc5cc6c(cc5OC)C(=O)N5CC(=C)C[C@H]5[C@H](OC5CCCCO5)N6C(=O)OC(C)(C)C)n4)c(OC)cc3C(=O)N3CC(=C)C[C@H]3[C@@H]2O)cc1)C(C)C. The van der Waals surface area contributed by atoms with Crippen molar-refractivity contribution in [1.82, 2.24) is 25.4 Å². The van der Waals surface area contributed by atoms with E-state index in [0.717, 1.165) is 23.3 Å². The predicted molar refractivity (Wildman–Crippen MR) is 339 cm³/mol. The number of aliphatic hydroxyl groups is 1. The van der Waals surface area contributed by atoms with Gasteiger partial charge in [0.15, 0.2) is 41.7 Å². The monoisotopic (exact) mass is 1300 g/mol. The highest BCUT2D eigenvalue weighted by atomic mass is 16.7. The summed E-state index contributed by atoms with van der Waals surface area (Å²) in [6, 6.07) is 11.3. The van der Waals surface area contributed by atoms with Gasteiger partial charge in [-0.2, -0.15) is 0 Å². The average Bonchev–Trinajstić information content (AvgIpc) is 1.58. The number of nitrogens with one attached hydrogen (secondary N) is 3. The highest BCUT2D eigenvalue weighted by molar-refractivity contribution is 6.07. The van der Waals surface area contributed by atoms with E-state index < -0.39 is 96.4 Å². The molecule has 502 valence electrons. The van der Waals surface area contributed by atoms with Crippen molar-refractivity contribution in [2.75, 3.05) is 62.7 Å². The van der Waals surface area contributed by atoms with Gasteiger partial charge in [0, 0.05) is 37.5 Å². The van der Waals surface area contributed by atoms with Crippen LogP contribution < -0.4 is 44.7 Å². The molecule has 9 rings (SSSR count). The van der Waals surface area contributed by atoms with Crippen LogP contribution in [0.4, 0.5) is 31.4 Å². The summed E-state index contributed by atoms with van der Waals surface area (Å²) in [5, 5.41) is 19.9. The first-order chi connectivity index (χ1) is 44.8. The van der Waals surface area contributed by atoms with E-state index in [0.29, 0.717) is 36.3 Å². The fourth-order valence-electron chi connectivity index (χ4n) is 11.5. The summed E-state index contributed by atoms with van der Waals surface area (Å²) in [4.78, 5) is 120. The Morgan fingerprint density at radius 1 is 0.734 bits per heavy atom. The van der Waals surface area contributed by atoms with Crippen LogP contribution in [-0.4, -0.2) is 164 Å². The van der Waals surface area contributed by atoms with Gasteiger partial charge in [-0.25, -0.2) is 29.0 Å². The number of esters is 1. The maximum atomic E-state index is 14.7. The van der Waals surface area contributed by atoms with Gasteiger partial charge in [-0.1, -0.05) is 62.9 Å². The van der Waals surface area contributed by atoms with Gasteiger partial charge in [-0.15, -0.1) is 0 Å². The maximum Gasteiger partial charge on any atom is 0.417 e. The number of nitrogens with zero attached hydrogens (tertiary/aromatic N) is 5. The predicted octanol–water partition coefficient (Wildman–Crippen LogP) is 8.06. The number of aromatic nitrogens is 1. The molecule has 5 aliphatic heterocycles. The van der Waals surface area contributed by atoms with Crippen LogP contribution >= 0.6 is 0 Å². The molecule has 0 saturated carbocycles. The molecule has 1 aromatic heterocycles. The van der Waals surface area contributed by atoms with Crippen molar-refractivity contribution >= 4 is 64.9 Å². The van der Waals surface area contributed by atoms with E-state index >= 15 is 0 Å². The van der Waals surface area contributed by atoms with Crippen LogP contribution in [0, 0.1) is 5.92 Å². The summed E-state index contributed by atoms with van der Waals surface area (Å²) >= 11 is 0. The maximum absolute atomic E-state index is 14.7. The zero-order valence-corrected chi connectivity index (χ0v) is 54.1. The first kappa shape index (κ1) is 68.6. The number of hydrogen-bond donors (Lipinski definition) is 4. The van der Waals surface area contributed by atoms with Crippen LogP contribution in [0.25, 0.3) is 0 Å². The van der Waals surface area contributed by atoms with Crippen molar-refractivity contribution in [2.45, 2.75) is 142 Å². The van der Waals surface area contributed by atoms with E-state index in [4.69, 9.17) is 52.4 Å². The van der Waals surface area contributed by atoms with Gasteiger partial charge in [0.25, 0.3) is 11.8 Å². The summed E-state index contributed by atoms with van der Waals surface area (Å²) in [5.41, 5.74) is 1.80. The van der Waals surface area contributed by atoms with Crippen LogP contribution in [0.3, 0.4) is 0 Å². The molecule has 5 aliphatic rings. The van der Waals surface area contributed by atoms with Crippen LogP contribution in [0.5, 0.6) is 23.0 Å². The zero-order chi connectivity index (χ0) is 67.9. The first-order valence-corrected chi connectivity index (χ1v) is 30.7. The number of aliphatic hydroxyl groups excluding tert-OH is 1. The largest absolute Gasteiger partial charge is 0.493 e. The number of benzene rings is 3. The van der Waals surface area contributed by atoms with Crippen molar-refractivity contribution in [3.63, 3.8) is 0 Å². The van der Waals surface area contributed by atoms with Crippen molar-refractivity contribution in [3.8, 4) is 23.0 Å². The van der Waals surface area contributed by atoms with Gasteiger partial charge in [0.2, 0.25) is 11.8 Å². The Kier molecular flexibility index (Phi) is 21.5. The summed E-state index contributed by atoms with van der Waals surface area (Å²) < 4.78 is 59.0. The third-order valence-corrected chi connectivity index (χ3v) is 16.1. The number of rotatable bonds is 21. The minimum absolute atomic E-state index is 0.0126. The number of alkyl carbamates (subject to hydrolysis) is 1. The minimum Gasteiger partial charge on any atom is -0.493 e. The third kappa shape index (κ3) is 15.7. The molecule has 1 unspecified atom stereocenters. The molecule has 0 aliphatic carbocycles. The topological polar surface area (TPSA) is 311 Å². The Labute approximate surface area is 544 Å². The number of methoxy groups -OCH3 is 3. The Hall–Kier alpha value is -9.73. The van der Waals surface area contributed by atoms with Crippen LogP contribution in [-0.2, 0) is 57.8 Å². The molecule has 3 saturated heterocycles. The van der Waals surface area contributed by atoms with Gasteiger partial charge < -0.3 is 78.2 Å². The van der Waals surface area contributed by atoms with Gasteiger partial charge >= 0.3 is 24.2 Å². The molecule has 3 fully saturated rings. The smallest absolute Gasteiger partial charge is 0.417 e. The molecule has 94 heavy (non-hydrogen) atoms. The van der Waals surface area contributed by atoms with Gasteiger partial charge in [-0.05, 0) is 108 Å². The van der Waals surface area contributed by atoms with Gasteiger partial charge in [0.1, 0.15) is 44.1 Å². The van der Waals surface area contributed by atoms with E-state index in [9.17, 15) is 43.5 Å². The second-order valence-electron chi connectivity index (χ2n) is 24.5. The molecule has 4 N–H and O–H groups in total. The van der Waals surface area contributed by atoms with Crippen molar-refractivity contribution in [2.24, 2.45) is 5.92 Å². The number of fused-ring (bicyclic) bond motifs is 4. The lowest BCUT2D eigenvalue weighted by molar-refractivity contribution is -0.195. The minimum atomic E-state index is -1.65. The van der Waals surface area contributed by atoms with Crippen molar-refractivity contribution in [1.29, 1.82) is 0 Å². The van der Waals surface area contributed by atoms with Crippen LogP contribution in [0.1, 0.15) is 122 Å². The number of hydrogen-bond acceptors (Lipinski definition) is 20. The molecule has 27 heteroatoms. The molecule has 7 amide bonds. The Balaban J connectivity index is 0.947.